The van der Waals surface area contributed by atoms with Crippen molar-refractivity contribution < 1.29 is 14.3 Å². The largest absolute Gasteiger partial charge is 0.493 e. The molecule has 0 aromatic heterocycles. The monoisotopic (exact) mass is 332 g/mol. The number of piperidine rings is 1. The van der Waals surface area contributed by atoms with Crippen LogP contribution in [-0.4, -0.2) is 39.8 Å². The van der Waals surface area contributed by atoms with E-state index in [1.165, 1.54) is 5.56 Å². The molecule has 2 fully saturated rings. The molecule has 5 heteroatoms. The van der Waals surface area contributed by atoms with Crippen molar-refractivity contribution in [2.75, 3.05) is 33.9 Å². The average molecular weight is 332 g/mol. The first-order valence-corrected chi connectivity index (χ1v) is 8.88. The number of ether oxygens (including phenoxy) is 2. The zero-order valence-electron chi connectivity index (χ0n) is 14.7. The molecule has 1 aliphatic carbocycles. The molecule has 1 amide bonds. The van der Waals surface area contributed by atoms with E-state index in [4.69, 9.17) is 9.47 Å². The van der Waals surface area contributed by atoms with E-state index in [2.05, 4.69) is 10.6 Å². The highest BCUT2D eigenvalue weighted by molar-refractivity contribution is 5.82. The van der Waals surface area contributed by atoms with Crippen molar-refractivity contribution in [2.24, 2.45) is 11.3 Å². The molecule has 1 aromatic rings. The molecule has 5 nitrogen and oxygen atoms in total. The van der Waals surface area contributed by atoms with Crippen molar-refractivity contribution in [3.05, 3.63) is 23.8 Å². The highest BCUT2D eigenvalue weighted by Gasteiger charge is 2.57. The van der Waals surface area contributed by atoms with Gasteiger partial charge in [-0.3, -0.25) is 4.79 Å². The summed E-state index contributed by atoms with van der Waals surface area (Å²) in [5.74, 6) is 2.00. The van der Waals surface area contributed by atoms with Crippen LogP contribution in [0.4, 0.5) is 0 Å². The molecular formula is C19H28N2O3. The molecule has 2 aliphatic rings. The van der Waals surface area contributed by atoms with Crippen LogP contribution in [0.25, 0.3) is 0 Å². The Morgan fingerprint density at radius 3 is 2.71 bits per heavy atom. The first kappa shape index (κ1) is 17.1. The van der Waals surface area contributed by atoms with Crippen LogP contribution in [0.15, 0.2) is 18.2 Å². The zero-order valence-corrected chi connectivity index (χ0v) is 14.7. The highest BCUT2D eigenvalue weighted by Crippen LogP contribution is 2.58. The Morgan fingerprint density at radius 1 is 1.25 bits per heavy atom. The molecule has 1 saturated carbocycles. The molecule has 1 spiro atoms. The van der Waals surface area contributed by atoms with Crippen LogP contribution in [0.5, 0.6) is 11.5 Å². The summed E-state index contributed by atoms with van der Waals surface area (Å²) in [6.45, 7) is 2.85. The summed E-state index contributed by atoms with van der Waals surface area (Å²) in [7, 11) is 3.29. The third-order valence-electron chi connectivity index (χ3n) is 5.49. The number of aryl methyl sites for hydroxylation is 1. The SMILES string of the molecule is COc1ccc(CCCNC(=O)C2CC23CCNCC3)cc1OC. The number of hydrogen-bond acceptors (Lipinski definition) is 4. The van der Waals surface area contributed by atoms with Gasteiger partial charge in [0, 0.05) is 12.5 Å². The molecule has 1 heterocycles. The minimum Gasteiger partial charge on any atom is -0.493 e. The van der Waals surface area contributed by atoms with E-state index in [1.54, 1.807) is 14.2 Å². The number of methoxy groups -OCH3 is 2. The molecule has 0 radical (unpaired) electrons. The molecule has 132 valence electrons. The van der Waals surface area contributed by atoms with E-state index in [-0.39, 0.29) is 11.8 Å². The Balaban J connectivity index is 1.40. The van der Waals surface area contributed by atoms with Crippen LogP contribution in [0, 0.1) is 11.3 Å². The van der Waals surface area contributed by atoms with Crippen molar-refractivity contribution in [1.82, 2.24) is 10.6 Å². The summed E-state index contributed by atoms with van der Waals surface area (Å²) < 4.78 is 10.6. The van der Waals surface area contributed by atoms with E-state index in [1.807, 2.05) is 18.2 Å². The predicted octanol–water partition coefficient (Wildman–Crippen LogP) is 2.14. The van der Waals surface area contributed by atoms with Crippen LogP contribution in [-0.2, 0) is 11.2 Å². The second kappa shape index (κ2) is 7.43. The number of carbonyl (C=O) groups excluding carboxylic acids is 1. The Hall–Kier alpha value is -1.75. The lowest BCUT2D eigenvalue weighted by atomic mass is 9.92. The standard InChI is InChI=1S/C19H28N2O3/c1-23-16-6-5-14(12-17(16)24-2)4-3-9-21-18(22)15-13-19(15)7-10-20-11-8-19/h5-6,12,15,20H,3-4,7-11,13H2,1-2H3,(H,21,22). The minimum atomic E-state index is 0.251. The van der Waals surface area contributed by atoms with Crippen LogP contribution >= 0.6 is 0 Å². The van der Waals surface area contributed by atoms with E-state index < -0.39 is 0 Å². The third-order valence-corrected chi connectivity index (χ3v) is 5.49. The summed E-state index contributed by atoms with van der Waals surface area (Å²) in [5.41, 5.74) is 1.52. The fraction of sp³-hybridized carbons (Fsp3) is 0.632. The van der Waals surface area contributed by atoms with Crippen LogP contribution < -0.4 is 20.1 Å². The van der Waals surface area contributed by atoms with Gasteiger partial charge >= 0.3 is 0 Å². The van der Waals surface area contributed by atoms with Gasteiger partial charge in [-0.1, -0.05) is 6.07 Å². The Labute approximate surface area is 144 Å². The van der Waals surface area contributed by atoms with Gasteiger partial charge in [-0.05, 0) is 68.3 Å². The first-order valence-electron chi connectivity index (χ1n) is 8.88. The number of carbonyl (C=O) groups is 1. The fourth-order valence-corrected chi connectivity index (χ4v) is 3.86. The van der Waals surface area contributed by atoms with Crippen LogP contribution in [0.3, 0.4) is 0 Å². The molecule has 1 aliphatic heterocycles. The van der Waals surface area contributed by atoms with Crippen molar-refractivity contribution in [3.8, 4) is 11.5 Å². The average Bonchev–Trinajstić information content (AvgIpc) is 3.31. The van der Waals surface area contributed by atoms with Gasteiger partial charge in [0.1, 0.15) is 0 Å². The lowest BCUT2D eigenvalue weighted by Gasteiger charge is -2.23. The van der Waals surface area contributed by atoms with Crippen molar-refractivity contribution >= 4 is 5.91 Å². The van der Waals surface area contributed by atoms with Gasteiger partial charge in [-0.15, -0.1) is 0 Å². The maximum absolute atomic E-state index is 12.3. The molecule has 0 bridgehead atoms. The molecule has 2 N–H and O–H groups in total. The molecule has 24 heavy (non-hydrogen) atoms. The smallest absolute Gasteiger partial charge is 0.223 e. The van der Waals surface area contributed by atoms with Gasteiger partial charge in [0.2, 0.25) is 5.91 Å². The topological polar surface area (TPSA) is 59.6 Å². The molecular weight excluding hydrogens is 304 g/mol. The number of amides is 1. The Morgan fingerprint density at radius 2 is 2.00 bits per heavy atom. The predicted molar refractivity (Wildman–Crippen MR) is 93.5 cm³/mol. The highest BCUT2D eigenvalue weighted by atomic mass is 16.5. The summed E-state index contributed by atoms with van der Waals surface area (Å²) in [6, 6.07) is 5.98. The second-order valence-corrected chi connectivity index (χ2v) is 6.95. The molecule has 3 rings (SSSR count). The summed E-state index contributed by atoms with van der Waals surface area (Å²) in [4.78, 5) is 12.3. The number of benzene rings is 1. The van der Waals surface area contributed by atoms with E-state index >= 15 is 0 Å². The van der Waals surface area contributed by atoms with Gasteiger partial charge in [-0.2, -0.15) is 0 Å². The van der Waals surface area contributed by atoms with Crippen molar-refractivity contribution in [3.63, 3.8) is 0 Å². The molecule has 1 aromatic carbocycles. The first-order chi connectivity index (χ1) is 11.7. The second-order valence-electron chi connectivity index (χ2n) is 6.95. The van der Waals surface area contributed by atoms with Gasteiger partial charge in [-0.25, -0.2) is 0 Å². The van der Waals surface area contributed by atoms with Crippen LogP contribution in [0.2, 0.25) is 0 Å². The van der Waals surface area contributed by atoms with Crippen molar-refractivity contribution in [1.29, 1.82) is 0 Å². The molecule has 1 atom stereocenters. The van der Waals surface area contributed by atoms with Gasteiger partial charge in [0.05, 0.1) is 14.2 Å². The van der Waals surface area contributed by atoms with Gasteiger partial charge in [0.15, 0.2) is 11.5 Å². The Bertz CT molecular complexity index is 582. The van der Waals surface area contributed by atoms with E-state index in [9.17, 15) is 4.79 Å². The normalized spacial score (nSPS) is 21.3. The Kier molecular flexibility index (Phi) is 5.29. The summed E-state index contributed by atoms with van der Waals surface area (Å²) in [6.07, 6.45) is 5.23. The number of rotatable bonds is 7. The lowest BCUT2D eigenvalue weighted by molar-refractivity contribution is -0.123. The third kappa shape index (κ3) is 3.66. The van der Waals surface area contributed by atoms with Crippen molar-refractivity contribution in [2.45, 2.75) is 32.1 Å². The fourth-order valence-electron chi connectivity index (χ4n) is 3.86. The minimum absolute atomic E-state index is 0.251. The quantitative estimate of drug-likeness (QED) is 0.751. The maximum Gasteiger partial charge on any atom is 0.223 e. The summed E-state index contributed by atoms with van der Waals surface area (Å²) in [5, 5.41) is 6.50. The van der Waals surface area contributed by atoms with Crippen LogP contribution in [0.1, 0.15) is 31.2 Å². The summed E-state index contributed by atoms with van der Waals surface area (Å²) >= 11 is 0. The van der Waals surface area contributed by atoms with Gasteiger partial charge < -0.3 is 20.1 Å². The molecule has 1 unspecified atom stereocenters. The number of nitrogens with one attached hydrogen (secondary N) is 2. The lowest BCUT2D eigenvalue weighted by Crippen LogP contribution is -2.34. The molecule has 1 saturated heterocycles. The zero-order chi connectivity index (χ0) is 17.0. The van der Waals surface area contributed by atoms with E-state index in [0.29, 0.717) is 5.41 Å². The number of hydrogen-bond donors (Lipinski definition) is 2. The maximum atomic E-state index is 12.3. The van der Waals surface area contributed by atoms with E-state index in [0.717, 1.165) is 63.2 Å². The van der Waals surface area contributed by atoms with Gasteiger partial charge in [0.25, 0.3) is 0 Å².